The molecule has 0 radical (unpaired) electrons. The molecule has 118 valence electrons. The highest BCUT2D eigenvalue weighted by Crippen LogP contribution is 2.21. The second-order valence-corrected chi connectivity index (χ2v) is 6.20. The molecule has 8 heteroatoms. The molecule has 2 aromatic rings. The predicted molar refractivity (Wildman–Crippen MR) is 89.2 cm³/mol. The molecule has 1 aliphatic rings. The zero-order valence-electron chi connectivity index (χ0n) is 12.1. The van der Waals surface area contributed by atoms with Gasteiger partial charge in [0.1, 0.15) is 5.15 Å². The van der Waals surface area contributed by atoms with Gasteiger partial charge >= 0.3 is 5.97 Å². The summed E-state index contributed by atoms with van der Waals surface area (Å²) in [6.45, 7) is 1.47. The Hall–Kier alpha value is -2.12. The van der Waals surface area contributed by atoms with Crippen molar-refractivity contribution in [3.8, 4) is 0 Å². The van der Waals surface area contributed by atoms with Crippen LogP contribution in [0.1, 0.15) is 15.9 Å². The number of thioether (sulfide) groups is 1. The number of pyridine rings is 2. The van der Waals surface area contributed by atoms with Crippen LogP contribution in [0.25, 0.3) is 0 Å². The molecule has 0 saturated carbocycles. The SMILES string of the molecule is O=C(O/N=C1/SCCN1Cc1ccc(Cl)nc1)c1cccnc1. The summed E-state index contributed by atoms with van der Waals surface area (Å²) in [5, 5.41) is 5.12. The maximum Gasteiger partial charge on any atom is 0.367 e. The van der Waals surface area contributed by atoms with E-state index in [4.69, 9.17) is 16.4 Å². The quantitative estimate of drug-likeness (QED) is 0.481. The van der Waals surface area contributed by atoms with Crippen LogP contribution < -0.4 is 0 Å². The monoisotopic (exact) mass is 348 g/mol. The smallest absolute Gasteiger partial charge is 0.343 e. The van der Waals surface area contributed by atoms with Crippen molar-refractivity contribution in [1.29, 1.82) is 0 Å². The van der Waals surface area contributed by atoms with Crippen molar-refractivity contribution < 1.29 is 9.63 Å². The Bertz CT molecular complexity index is 709. The van der Waals surface area contributed by atoms with E-state index in [9.17, 15) is 4.79 Å². The van der Waals surface area contributed by atoms with E-state index in [0.29, 0.717) is 22.4 Å². The van der Waals surface area contributed by atoms with Crippen molar-refractivity contribution in [2.75, 3.05) is 12.3 Å². The summed E-state index contributed by atoms with van der Waals surface area (Å²) in [4.78, 5) is 26.9. The minimum atomic E-state index is -0.522. The van der Waals surface area contributed by atoms with Gasteiger partial charge in [0, 0.05) is 37.4 Å². The number of carbonyl (C=O) groups is 1. The molecule has 1 aliphatic heterocycles. The average Bonchev–Trinajstić information content (AvgIpc) is 3.02. The predicted octanol–water partition coefficient (Wildman–Crippen LogP) is 2.81. The summed E-state index contributed by atoms with van der Waals surface area (Å²) in [6.07, 6.45) is 4.77. The zero-order chi connectivity index (χ0) is 16.1. The molecular formula is C15H13ClN4O2S. The summed E-state index contributed by atoms with van der Waals surface area (Å²) < 4.78 is 0. The highest BCUT2D eigenvalue weighted by molar-refractivity contribution is 8.14. The summed E-state index contributed by atoms with van der Waals surface area (Å²) in [5.41, 5.74) is 1.39. The maximum atomic E-state index is 11.9. The Morgan fingerprint density at radius 3 is 3.04 bits per heavy atom. The van der Waals surface area contributed by atoms with E-state index in [2.05, 4.69) is 15.1 Å². The number of hydrogen-bond acceptors (Lipinski definition) is 6. The summed E-state index contributed by atoms with van der Waals surface area (Å²) >= 11 is 7.33. The first-order valence-electron chi connectivity index (χ1n) is 6.90. The normalized spacial score (nSPS) is 15.9. The van der Waals surface area contributed by atoms with Gasteiger partial charge in [-0.05, 0) is 23.8 Å². The average molecular weight is 349 g/mol. The van der Waals surface area contributed by atoms with Crippen LogP contribution in [0.3, 0.4) is 0 Å². The lowest BCUT2D eigenvalue weighted by Gasteiger charge is -2.16. The first kappa shape index (κ1) is 15.8. The van der Waals surface area contributed by atoms with E-state index in [1.54, 1.807) is 42.4 Å². The molecule has 0 aromatic carbocycles. The molecule has 0 spiro atoms. The van der Waals surface area contributed by atoms with Crippen LogP contribution in [0.2, 0.25) is 5.15 Å². The van der Waals surface area contributed by atoms with Crippen LogP contribution in [0.4, 0.5) is 0 Å². The largest absolute Gasteiger partial charge is 0.367 e. The van der Waals surface area contributed by atoms with Crippen LogP contribution in [0.15, 0.2) is 48.0 Å². The van der Waals surface area contributed by atoms with Gasteiger partial charge in [0.2, 0.25) is 5.17 Å². The minimum absolute atomic E-state index is 0.369. The number of aromatic nitrogens is 2. The van der Waals surface area contributed by atoms with Crippen LogP contribution in [-0.2, 0) is 11.4 Å². The number of rotatable bonds is 4. The first-order valence-corrected chi connectivity index (χ1v) is 8.26. The van der Waals surface area contributed by atoms with Gasteiger partial charge < -0.3 is 9.74 Å². The third-order valence-corrected chi connectivity index (χ3v) is 4.33. The molecule has 2 aromatic heterocycles. The Kier molecular flexibility index (Phi) is 5.09. The van der Waals surface area contributed by atoms with Gasteiger partial charge in [-0.1, -0.05) is 34.6 Å². The number of oxime groups is 1. The van der Waals surface area contributed by atoms with Gasteiger partial charge in [0.25, 0.3) is 0 Å². The van der Waals surface area contributed by atoms with Crippen molar-refractivity contribution in [1.82, 2.24) is 14.9 Å². The van der Waals surface area contributed by atoms with E-state index in [0.717, 1.165) is 17.9 Å². The van der Waals surface area contributed by atoms with Gasteiger partial charge in [-0.15, -0.1) is 0 Å². The van der Waals surface area contributed by atoms with Crippen LogP contribution in [-0.4, -0.2) is 38.3 Å². The van der Waals surface area contributed by atoms with Gasteiger partial charge in [-0.2, -0.15) is 0 Å². The number of nitrogens with zero attached hydrogens (tertiary/aromatic N) is 4. The van der Waals surface area contributed by atoms with Gasteiger partial charge in [-0.3, -0.25) is 4.98 Å². The topological polar surface area (TPSA) is 67.7 Å². The molecule has 0 atom stereocenters. The zero-order valence-corrected chi connectivity index (χ0v) is 13.6. The summed E-state index contributed by atoms with van der Waals surface area (Å²) in [7, 11) is 0. The molecule has 1 saturated heterocycles. The second kappa shape index (κ2) is 7.43. The van der Waals surface area contributed by atoms with E-state index < -0.39 is 5.97 Å². The van der Waals surface area contributed by atoms with Crippen molar-refractivity contribution in [2.45, 2.75) is 6.54 Å². The first-order chi connectivity index (χ1) is 11.2. The lowest BCUT2D eigenvalue weighted by molar-refractivity contribution is 0.0512. The van der Waals surface area contributed by atoms with E-state index in [-0.39, 0.29) is 0 Å². The van der Waals surface area contributed by atoms with Gasteiger partial charge in [0.05, 0.1) is 5.56 Å². The summed E-state index contributed by atoms with van der Waals surface area (Å²) in [6, 6.07) is 6.97. The Morgan fingerprint density at radius 2 is 2.30 bits per heavy atom. The molecule has 3 rings (SSSR count). The minimum Gasteiger partial charge on any atom is -0.343 e. The molecule has 0 N–H and O–H groups in total. The molecule has 0 aliphatic carbocycles. The van der Waals surface area contributed by atoms with Crippen LogP contribution in [0, 0.1) is 0 Å². The molecule has 6 nitrogen and oxygen atoms in total. The Morgan fingerprint density at radius 1 is 1.39 bits per heavy atom. The number of hydrogen-bond donors (Lipinski definition) is 0. The second-order valence-electron chi connectivity index (χ2n) is 4.75. The van der Waals surface area contributed by atoms with Gasteiger partial charge in [0.15, 0.2) is 0 Å². The number of carbonyl (C=O) groups excluding carboxylic acids is 1. The van der Waals surface area contributed by atoms with Gasteiger partial charge in [-0.25, -0.2) is 9.78 Å². The standard InChI is InChI=1S/C15H13ClN4O2S/c16-13-4-3-11(8-18-13)10-20-6-7-23-15(20)19-22-14(21)12-2-1-5-17-9-12/h1-5,8-9H,6-7,10H2/b19-15+. The number of halogens is 1. The highest BCUT2D eigenvalue weighted by Gasteiger charge is 2.21. The molecule has 0 unspecified atom stereocenters. The fourth-order valence-corrected chi connectivity index (χ4v) is 3.04. The lowest BCUT2D eigenvalue weighted by atomic mass is 10.3. The van der Waals surface area contributed by atoms with E-state index in [1.807, 2.05) is 11.0 Å². The summed E-state index contributed by atoms with van der Waals surface area (Å²) in [5.74, 6) is 0.371. The Labute approximate surface area is 142 Å². The fraction of sp³-hybridized carbons (Fsp3) is 0.200. The van der Waals surface area contributed by atoms with Crippen molar-refractivity contribution in [3.63, 3.8) is 0 Å². The molecular weight excluding hydrogens is 336 g/mol. The van der Waals surface area contributed by atoms with E-state index >= 15 is 0 Å². The third kappa shape index (κ3) is 4.20. The van der Waals surface area contributed by atoms with E-state index in [1.165, 1.54) is 6.20 Å². The Balaban J connectivity index is 1.64. The maximum absolute atomic E-state index is 11.9. The van der Waals surface area contributed by atoms with Crippen molar-refractivity contribution in [2.24, 2.45) is 5.16 Å². The van der Waals surface area contributed by atoms with Crippen LogP contribution in [0.5, 0.6) is 0 Å². The van der Waals surface area contributed by atoms with Crippen molar-refractivity contribution in [3.05, 3.63) is 59.1 Å². The third-order valence-electron chi connectivity index (χ3n) is 3.13. The molecule has 0 bridgehead atoms. The van der Waals surface area contributed by atoms with Crippen molar-refractivity contribution >= 4 is 34.5 Å². The molecule has 3 heterocycles. The fourth-order valence-electron chi connectivity index (χ4n) is 2.00. The molecule has 23 heavy (non-hydrogen) atoms. The highest BCUT2D eigenvalue weighted by atomic mass is 35.5. The lowest BCUT2D eigenvalue weighted by Crippen LogP contribution is -2.24. The molecule has 0 amide bonds. The van der Waals surface area contributed by atoms with Crippen LogP contribution >= 0.6 is 23.4 Å². The number of amidine groups is 1. The molecule has 1 fully saturated rings.